The Hall–Kier alpha value is -2.27. The molecule has 1 aliphatic heterocycles. The molecule has 126 valence electrons. The van der Waals surface area contributed by atoms with Gasteiger partial charge in [0, 0.05) is 24.8 Å². The number of rotatable bonds is 5. The van der Waals surface area contributed by atoms with Crippen LogP contribution in [0.15, 0.2) is 42.6 Å². The van der Waals surface area contributed by atoms with E-state index < -0.39 is 0 Å². The van der Waals surface area contributed by atoms with Crippen LogP contribution in [-0.4, -0.2) is 42.0 Å². The first kappa shape index (κ1) is 16.6. The Morgan fingerprint density at radius 2 is 2.00 bits per heavy atom. The molecule has 0 unspecified atom stereocenters. The molecule has 1 aromatic carbocycles. The summed E-state index contributed by atoms with van der Waals surface area (Å²) in [5.41, 5.74) is 1.88. The maximum atomic E-state index is 13.3. The lowest BCUT2D eigenvalue weighted by molar-refractivity contribution is 0.0946. The number of hydrogen-bond donors (Lipinski definition) is 1. The molecule has 0 spiro atoms. The summed E-state index contributed by atoms with van der Waals surface area (Å²) in [6.07, 6.45) is 5.35. The van der Waals surface area contributed by atoms with Crippen LogP contribution in [0.25, 0.3) is 11.3 Å². The van der Waals surface area contributed by atoms with Crippen molar-refractivity contribution in [3.05, 3.63) is 54.0 Å². The van der Waals surface area contributed by atoms with E-state index in [2.05, 4.69) is 15.2 Å². The fourth-order valence-corrected chi connectivity index (χ4v) is 2.96. The maximum Gasteiger partial charge on any atom is 0.252 e. The van der Waals surface area contributed by atoms with E-state index in [0.29, 0.717) is 23.4 Å². The summed E-state index contributed by atoms with van der Waals surface area (Å²) in [7, 11) is 0. The quantitative estimate of drug-likeness (QED) is 0.918. The topological polar surface area (TPSA) is 45.2 Å². The molecule has 3 rings (SSSR count). The minimum absolute atomic E-state index is 0.120. The number of halogens is 1. The third-order valence-corrected chi connectivity index (χ3v) is 4.31. The number of carbonyl (C=O) groups excluding carboxylic acids is 1. The highest BCUT2D eigenvalue weighted by Crippen LogP contribution is 2.17. The predicted octanol–water partition coefficient (Wildman–Crippen LogP) is 3.10. The lowest BCUT2D eigenvalue weighted by Crippen LogP contribution is -2.37. The maximum absolute atomic E-state index is 13.3. The van der Waals surface area contributed by atoms with Gasteiger partial charge in [-0.05, 0) is 50.2 Å². The lowest BCUT2D eigenvalue weighted by atomic mass is 10.1. The Morgan fingerprint density at radius 1 is 1.17 bits per heavy atom. The SMILES string of the molecule is O=C(NCCN1CCCCC1)c1ccc(-c2cccc(F)c2)nc1. The van der Waals surface area contributed by atoms with Gasteiger partial charge in [0.1, 0.15) is 5.82 Å². The molecule has 2 heterocycles. The first-order chi connectivity index (χ1) is 11.7. The van der Waals surface area contributed by atoms with Crippen LogP contribution in [0.1, 0.15) is 29.6 Å². The van der Waals surface area contributed by atoms with Gasteiger partial charge in [-0.25, -0.2) is 4.39 Å². The van der Waals surface area contributed by atoms with E-state index in [1.54, 1.807) is 24.3 Å². The zero-order valence-corrected chi connectivity index (χ0v) is 13.7. The number of benzene rings is 1. The highest BCUT2D eigenvalue weighted by Gasteiger charge is 2.11. The Balaban J connectivity index is 1.53. The number of piperidine rings is 1. The predicted molar refractivity (Wildman–Crippen MR) is 92.3 cm³/mol. The molecule has 1 saturated heterocycles. The molecule has 0 bridgehead atoms. The van der Waals surface area contributed by atoms with Crippen LogP contribution in [0, 0.1) is 5.82 Å². The zero-order chi connectivity index (χ0) is 16.8. The molecule has 1 amide bonds. The van der Waals surface area contributed by atoms with Gasteiger partial charge in [-0.3, -0.25) is 9.78 Å². The number of nitrogens with zero attached hydrogens (tertiary/aromatic N) is 2. The summed E-state index contributed by atoms with van der Waals surface area (Å²) < 4.78 is 13.3. The van der Waals surface area contributed by atoms with Crippen molar-refractivity contribution in [1.82, 2.24) is 15.2 Å². The van der Waals surface area contributed by atoms with Gasteiger partial charge in [0.05, 0.1) is 11.3 Å². The normalized spacial score (nSPS) is 15.2. The fourth-order valence-electron chi connectivity index (χ4n) is 2.96. The minimum atomic E-state index is -0.297. The summed E-state index contributed by atoms with van der Waals surface area (Å²) in [6, 6.07) is 9.74. The van der Waals surface area contributed by atoms with Crippen molar-refractivity contribution in [2.24, 2.45) is 0 Å². The van der Waals surface area contributed by atoms with Crippen LogP contribution >= 0.6 is 0 Å². The molecule has 0 radical (unpaired) electrons. The van der Waals surface area contributed by atoms with Gasteiger partial charge in [0.15, 0.2) is 0 Å². The first-order valence-electron chi connectivity index (χ1n) is 8.45. The number of aromatic nitrogens is 1. The molecular weight excluding hydrogens is 305 g/mol. The van der Waals surface area contributed by atoms with Gasteiger partial charge in [-0.1, -0.05) is 18.6 Å². The summed E-state index contributed by atoms with van der Waals surface area (Å²) in [4.78, 5) is 18.8. The molecule has 24 heavy (non-hydrogen) atoms. The Morgan fingerprint density at radius 3 is 2.71 bits per heavy atom. The minimum Gasteiger partial charge on any atom is -0.351 e. The van der Waals surface area contributed by atoms with Crippen LogP contribution in [0.2, 0.25) is 0 Å². The van der Waals surface area contributed by atoms with E-state index in [0.717, 1.165) is 19.6 Å². The standard InChI is InChI=1S/C19H22FN3O/c20-17-6-4-5-15(13-17)18-8-7-16(14-22-18)19(24)21-9-12-23-10-2-1-3-11-23/h4-8,13-14H,1-3,9-12H2,(H,21,24). The number of carbonyl (C=O) groups is 1. The second-order valence-electron chi connectivity index (χ2n) is 6.10. The molecule has 2 aromatic rings. The number of nitrogens with one attached hydrogen (secondary N) is 1. The van der Waals surface area contributed by atoms with Gasteiger partial charge < -0.3 is 10.2 Å². The molecule has 1 aromatic heterocycles. The summed E-state index contributed by atoms with van der Waals surface area (Å²) in [5, 5.41) is 2.93. The van der Waals surface area contributed by atoms with Crippen molar-refractivity contribution < 1.29 is 9.18 Å². The summed E-state index contributed by atoms with van der Waals surface area (Å²) in [5.74, 6) is -0.417. The number of pyridine rings is 1. The van der Waals surface area contributed by atoms with Gasteiger partial charge in [0.25, 0.3) is 5.91 Å². The van der Waals surface area contributed by atoms with Crippen molar-refractivity contribution in [3.63, 3.8) is 0 Å². The third-order valence-electron chi connectivity index (χ3n) is 4.31. The molecule has 0 saturated carbocycles. The van der Waals surface area contributed by atoms with Crippen LogP contribution in [-0.2, 0) is 0 Å². The van der Waals surface area contributed by atoms with Gasteiger partial charge in [-0.2, -0.15) is 0 Å². The Kier molecular flexibility index (Phi) is 5.54. The monoisotopic (exact) mass is 327 g/mol. The summed E-state index contributed by atoms with van der Waals surface area (Å²) >= 11 is 0. The van der Waals surface area contributed by atoms with Crippen molar-refractivity contribution in [3.8, 4) is 11.3 Å². The van der Waals surface area contributed by atoms with Gasteiger partial charge in [0.2, 0.25) is 0 Å². The van der Waals surface area contributed by atoms with Crippen LogP contribution < -0.4 is 5.32 Å². The molecule has 1 N–H and O–H groups in total. The van der Waals surface area contributed by atoms with E-state index in [-0.39, 0.29) is 11.7 Å². The van der Waals surface area contributed by atoms with Gasteiger partial charge >= 0.3 is 0 Å². The van der Waals surface area contributed by atoms with E-state index in [4.69, 9.17) is 0 Å². The molecule has 1 fully saturated rings. The van der Waals surface area contributed by atoms with Crippen molar-refractivity contribution in [2.75, 3.05) is 26.2 Å². The third kappa shape index (κ3) is 4.38. The van der Waals surface area contributed by atoms with Crippen molar-refractivity contribution >= 4 is 5.91 Å². The number of amides is 1. The van der Waals surface area contributed by atoms with E-state index in [9.17, 15) is 9.18 Å². The van der Waals surface area contributed by atoms with Gasteiger partial charge in [-0.15, -0.1) is 0 Å². The molecular formula is C19H22FN3O. The smallest absolute Gasteiger partial charge is 0.252 e. The lowest BCUT2D eigenvalue weighted by Gasteiger charge is -2.26. The zero-order valence-electron chi connectivity index (χ0n) is 13.7. The van der Waals surface area contributed by atoms with E-state index in [1.807, 2.05) is 0 Å². The largest absolute Gasteiger partial charge is 0.351 e. The summed E-state index contributed by atoms with van der Waals surface area (Å²) in [6.45, 7) is 3.78. The second kappa shape index (κ2) is 8.02. The van der Waals surface area contributed by atoms with Crippen molar-refractivity contribution in [2.45, 2.75) is 19.3 Å². The van der Waals surface area contributed by atoms with Crippen molar-refractivity contribution in [1.29, 1.82) is 0 Å². The molecule has 5 heteroatoms. The molecule has 0 atom stereocenters. The first-order valence-corrected chi connectivity index (χ1v) is 8.45. The number of hydrogen-bond acceptors (Lipinski definition) is 3. The average molecular weight is 327 g/mol. The average Bonchev–Trinajstić information content (AvgIpc) is 2.63. The van der Waals surface area contributed by atoms with Crippen LogP contribution in [0.3, 0.4) is 0 Å². The Labute approximate surface area is 141 Å². The molecule has 1 aliphatic rings. The van der Waals surface area contributed by atoms with E-state index in [1.165, 1.54) is 37.6 Å². The number of likely N-dealkylation sites (tertiary alicyclic amines) is 1. The van der Waals surface area contributed by atoms with E-state index >= 15 is 0 Å². The molecule has 0 aliphatic carbocycles. The second-order valence-corrected chi connectivity index (χ2v) is 6.10. The highest BCUT2D eigenvalue weighted by atomic mass is 19.1. The highest BCUT2D eigenvalue weighted by molar-refractivity contribution is 5.94. The fraction of sp³-hybridized carbons (Fsp3) is 0.368. The van der Waals surface area contributed by atoms with Crippen LogP contribution in [0.4, 0.5) is 4.39 Å². The molecule has 4 nitrogen and oxygen atoms in total. The van der Waals surface area contributed by atoms with Crippen LogP contribution in [0.5, 0.6) is 0 Å². The Bertz CT molecular complexity index is 681.